The van der Waals surface area contributed by atoms with Crippen molar-refractivity contribution in [2.24, 2.45) is 0 Å². The van der Waals surface area contributed by atoms with Gasteiger partial charge >= 0.3 is 0 Å². The highest BCUT2D eigenvalue weighted by Crippen LogP contribution is 2.24. The Morgan fingerprint density at radius 2 is 1.88 bits per heavy atom. The van der Waals surface area contributed by atoms with Crippen LogP contribution in [-0.4, -0.2) is 15.0 Å². The van der Waals surface area contributed by atoms with Gasteiger partial charge in [0.25, 0.3) is 0 Å². The van der Waals surface area contributed by atoms with Gasteiger partial charge in [0.05, 0.1) is 24.0 Å². The van der Waals surface area contributed by atoms with Crippen LogP contribution < -0.4 is 10.6 Å². The van der Waals surface area contributed by atoms with E-state index in [1.165, 1.54) is 0 Å². The number of nitrogens with one attached hydrogen (secondary N) is 2. The van der Waals surface area contributed by atoms with Crippen molar-refractivity contribution in [3.8, 4) is 0 Å². The van der Waals surface area contributed by atoms with Crippen molar-refractivity contribution in [2.45, 2.75) is 13.5 Å². The van der Waals surface area contributed by atoms with Gasteiger partial charge in [0.2, 0.25) is 0 Å². The van der Waals surface area contributed by atoms with E-state index in [9.17, 15) is 0 Å². The molecule has 0 amide bonds. The molecule has 0 saturated carbocycles. The highest BCUT2D eigenvalue weighted by Gasteiger charge is 2.06. The van der Waals surface area contributed by atoms with Crippen LogP contribution in [0.2, 0.25) is 0 Å². The van der Waals surface area contributed by atoms with Crippen molar-refractivity contribution < 1.29 is 4.42 Å². The molecule has 124 valence electrons. The highest BCUT2D eigenvalue weighted by molar-refractivity contribution is 5.91. The maximum Gasteiger partial charge on any atom is 0.136 e. The van der Waals surface area contributed by atoms with Gasteiger partial charge in [0, 0.05) is 17.6 Å². The molecule has 3 aromatic heterocycles. The van der Waals surface area contributed by atoms with Crippen molar-refractivity contribution in [1.82, 2.24) is 15.0 Å². The largest absolute Gasteiger partial charge is 0.467 e. The number of nitrogens with zero attached hydrogens (tertiary/aromatic N) is 3. The number of aryl methyl sites for hydroxylation is 1. The Kier molecular flexibility index (Phi) is 4.00. The molecule has 4 rings (SSSR count). The summed E-state index contributed by atoms with van der Waals surface area (Å²) in [5.74, 6) is 2.98. The molecule has 0 aliphatic carbocycles. The van der Waals surface area contributed by atoms with Gasteiger partial charge in [-0.1, -0.05) is 18.2 Å². The molecule has 2 N–H and O–H groups in total. The first-order valence-corrected chi connectivity index (χ1v) is 8.01. The number of pyridine rings is 1. The quantitative estimate of drug-likeness (QED) is 0.568. The van der Waals surface area contributed by atoms with E-state index in [1.807, 2.05) is 55.5 Å². The Bertz CT molecular complexity index is 993. The van der Waals surface area contributed by atoms with Gasteiger partial charge in [-0.3, -0.25) is 4.98 Å². The Balaban J connectivity index is 1.59. The second kappa shape index (κ2) is 6.60. The van der Waals surface area contributed by atoms with Crippen molar-refractivity contribution in [3.05, 3.63) is 72.6 Å². The topological polar surface area (TPSA) is 75.9 Å². The fraction of sp³-hybridized carbons (Fsp3) is 0.105. The molecule has 0 fully saturated rings. The molecule has 0 aliphatic rings. The van der Waals surface area contributed by atoms with Crippen LogP contribution in [0, 0.1) is 6.92 Å². The highest BCUT2D eigenvalue weighted by atomic mass is 16.3. The van der Waals surface area contributed by atoms with E-state index in [0.717, 1.165) is 28.2 Å². The predicted octanol–water partition coefficient (Wildman–Crippen LogP) is 4.28. The number of para-hydroxylation sites is 1. The lowest BCUT2D eigenvalue weighted by molar-refractivity contribution is 0.518. The van der Waals surface area contributed by atoms with E-state index in [1.54, 1.807) is 12.5 Å². The van der Waals surface area contributed by atoms with Crippen LogP contribution in [0.25, 0.3) is 10.9 Å². The van der Waals surface area contributed by atoms with E-state index in [4.69, 9.17) is 4.42 Å². The molecule has 25 heavy (non-hydrogen) atoms. The van der Waals surface area contributed by atoms with E-state index in [0.29, 0.717) is 18.2 Å². The number of rotatable bonds is 5. The van der Waals surface area contributed by atoms with Gasteiger partial charge in [-0.05, 0) is 31.2 Å². The number of aromatic nitrogens is 3. The Morgan fingerprint density at radius 1 is 1.00 bits per heavy atom. The normalized spacial score (nSPS) is 10.8. The average molecular weight is 331 g/mol. The van der Waals surface area contributed by atoms with Gasteiger partial charge in [-0.25, -0.2) is 9.97 Å². The van der Waals surface area contributed by atoms with E-state index in [2.05, 4.69) is 25.6 Å². The minimum atomic E-state index is 0.568. The van der Waals surface area contributed by atoms with E-state index in [-0.39, 0.29) is 0 Å². The number of fused-ring (bicyclic) bond motifs is 1. The zero-order valence-electron chi connectivity index (χ0n) is 13.7. The molecule has 6 nitrogen and oxygen atoms in total. The van der Waals surface area contributed by atoms with Gasteiger partial charge in [0.1, 0.15) is 23.2 Å². The summed E-state index contributed by atoms with van der Waals surface area (Å²) in [6, 6.07) is 15.6. The van der Waals surface area contributed by atoms with Crippen LogP contribution in [0.5, 0.6) is 0 Å². The van der Waals surface area contributed by atoms with Gasteiger partial charge in [0.15, 0.2) is 0 Å². The first-order chi connectivity index (χ1) is 12.3. The summed E-state index contributed by atoms with van der Waals surface area (Å²) in [4.78, 5) is 13.3. The molecule has 0 bridgehead atoms. The Hall–Kier alpha value is -3.41. The lowest BCUT2D eigenvalue weighted by atomic mass is 10.2. The summed E-state index contributed by atoms with van der Waals surface area (Å²) in [5, 5.41) is 7.67. The molecule has 0 atom stereocenters. The standard InChI is InChI=1S/C19H17N5O/c1-13-22-17(21-12-15-7-4-10-25-15)11-18(23-13)24-16-8-2-5-14-6-3-9-20-19(14)16/h2-11H,12H2,1H3,(H2,21,22,23,24). The van der Waals surface area contributed by atoms with Crippen LogP contribution in [0.4, 0.5) is 17.3 Å². The summed E-state index contributed by atoms with van der Waals surface area (Å²) >= 11 is 0. The maximum absolute atomic E-state index is 5.33. The molecular weight excluding hydrogens is 314 g/mol. The summed E-state index contributed by atoms with van der Waals surface area (Å²) in [6.45, 7) is 2.43. The maximum atomic E-state index is 5.33. The Labute approximate surface area is 145 Å². The van der Waals surface area contributed by atoms with Crippen molar-refractivity contribution in [2.75, 3.05) is 10.6 Å². The van der Waals surface area contributed by atoms with Crippen LogP contribution in [-0.2, 0) is 6.54 Å². The zero-order valence-corrected chi connectivity index (χ0v) is 13.7. The fourth-order valence-corrected chi connectivity index (χ4v) is 2.66. The first kappa shape index (κ1) is 15.1. The van der Waals surface area contributed by atoms with Crippen LogP contribution >= 0.6 is 0 Å². The Morgan fingerprint density at radius 3 is 2.76 bits per heavy atom. The molecule has 0 unspecified atom stereocenters. The van der Waals surface area contributed by atoms with Crippen molar-refractivity contribution in [3.63, 3.8) is 0 Å². The number of furan rings is 1. The van der Waals surface area contributed by atoms with E-state index >= 15 is 0 Å². The zero-order chi connectivity index (χ0) is 17.1. The lowest BCUT2D eigenvalue weighted by Crippen LogP contribution is -2.05. The molecule has 0 aliphatic heterocycles. The van der Waals surface area contributed by atoms with Gasteiger partial charge < -0.3 is 15.1 Å². The number of benzene rings is 1. The SMILES string of the molecule is Cc1nc(NCc2ccco2)cc(Nc2cccc3cccnc23)n1. The van der Waals surface area contributed by atoms with Crippen LogP contribution in [0.3, 0.4) is 0 Å². The summed E-state index contributed by atoms with van der Waals surface area (Å²) < 4.78 is 5.33. The van der Waals surface area contributed by atoms with Crippen molar-refractivity contribution in [1.29, 1.82) is 0 Å². The van der Waals surface area contributed by atoms with Crippen LogP contribution in [0.1, 0.15) is 11.6 Å². The molecule has 6 heteroatoms. The average Bonchev–Trinajstić information content (AvgIpc) is 3.13. The molecule has 4 aromatic rings. The summed E-state index contributed by atoms with van der Waals surface area (Å²) in [6.07, 6.45) is 3.44. The number of anilines is 3. The lowest BCUT2D eigenvalue weighted by Gasteiger charge is -2.11. The molecular formula is C19H17N5O. The minimum Gasteiger partial charge on any atom is -0.467 e. The second-order valence-electron chi connectivity index (χ2n) is 5.62. The second-order valence-corrected chi connectivity index (χ2v) is 5.62. The third kappa shape index (κ3) is 3.42. The van der Waals surface area contributed by atoms with Gasteiger partial charge in [-0.15, -0.1) is 0 Å². The monoisotopic (exact) mass is 331 g/mol. The van der Waals surface area contributed by atoms with Crippen LogP contribution in [0.15, 0.2) is 65.4 Å². The molecule has 0 saturated heterocycles. The van der Waals surface area contributed by atoms with E-state index < -0.39 is 0 Å². The molecule has 0 spiro atoms. The summed E-state index contributed by atoms with van der Waals surface area (Å²) in [5.41, 5.74) is 1.82. The number of hydrogen-bond acceptors (Lipinski definition) is 6. The molecule has 1 aromatic carbocycles. The minimum absolute atomic E-state index is 0.568. The predicted molar refractivity (Wildman–Crippen MR) is 97.8 cm³/mol. The smallest absolute Gasteiger partial charge is 0.136 e. The first-order valence-electron chi connectivity index (χ1n) is 8.01. The third-order valence-corrected chi connectivity index (χ3v) is 3.76. The molecule has 3 heterocycles. The summed E-state index contributed by atoms with van der Waals surface area (Å²) in [7, 11) is 0. The van der Waals surface area contributed by atoms with Gasteiger partial charge in [-0.2, -0.15) is 0 Å². The molecule has 0 radical (unpaired) electrons. The van der Waals surface area contributed by atoms with Crippen molar-refractivity contribution >= 4 is 28.2 Å². The third-order valence-electron chi connectivity index (χ3n) is 3.76. The number of hydrogen-bond donors (Lipinski definition) is 2. The fourth-order valence-electron chi connectivity index (χ4n) is 2.66.